The van der Waals surface area contributed by atoms with E-state index in [0.717, 1.165) is 17.1 Å². The molecule has 0 saturated heterocycles. The lowest BCUT2D eigenvalue weighted by Gasteiger charge is -2.01. The molecule has 0 radical (unpaired) electrons. The number of allylic oxidation sites excluding steroid dienone is 1. The van der Waals surface area contributed by atoms with Crippen LogP contribution in [0.3, 0.4) is 0 Å². The first-order valence-corrected chi connectivity index (χ1v) is 4.68. The molecule has 2 nitrogen and oxygen atoms in total. The second-order valence-corrected chi connectivity index (χ2v) is 3.15. The van der Waals surface area contributed by atoms with E-state index < -0.39 is 0 Å². The molecule has 0 spiro atoms. The van der Waals surface area contributed by atoms with Crippen molar-refractivity contribution in [2.75, 3.05) is 6.26 Å². The second kappa shape index (κ2) is 2.66. The molecule has 1 aromatic heterocycles. The molecule has 1 aliphatic rings. The zero-order chi connectivity index (χ0) is 7.68. The Hall–Kier alpha value is -0.830. The Balaban J connectivity index is 2.55. The molecule has 1 heterocycles. The molecule has 0 saturated carbocycles. The lowest BCUT2D eigenvalue weighted by molar-refractivity contribution is 0.981. The highest BCUT2D eigenvalue weighted by Crippen LogP contribution is 2.24. The van der Waals surface area contributed by atoms with Crippen LogP contribution in [0.15, 0.2) is 17.4 Å². The Morgan fingerprint density at radius 3 is 3.18 bits per heavy atom. The van der Waals surface area contributed by atoms with Gasteiger partial charge in [0.2, 0.25) is 0 Å². The lowest BCUT2D eigenvalue weighted by atomic mass is 10.2. The molecule has 0 aromatic carbocycles. The predicted octanol–water partition coefficient (Wildman–Crippen LogP) is 1.77. The zero-order valence-corrected chi connectivity index (χ0v) is 7.06. The van der Waals surface area contributed by atoms with Crippen molar-refractivity contribution >= 4 is 17.8 Å². The lowest BCUT2D eigenvalue weighted by Crippen LogP contribution is -1.92. The average Bonchev–Trinajstić information content (AvgIpc) is 2.50. The normalized spacial score (nSPS) is 13.5. The molecule has 2 rings (SSSR count). The van der Waals surface area contributed by atoms with E-state index in [2.05, 4.69) is 22.1 Å². The summed E-state index contributed by atoms with van der Waals surface area (Å²) in [5.74, 6) is 0. The number of hydrogen-bond acceptors (Lipinski definition) is 3. The predicted molar refractivity (Wildman–Crippen MR) is 46.6 cm³/mol. The first kappa shape index (κ1) is 6.85. The fraction of sp³-hybridized carbons (Fsp3) is 0.250. The fourth-order valence-electron chi connectivity index (χ4n) is 1.21. The molecule has 0 amide bonds. The van der Waals surface area contributed by atoms with Crippen molar-refractivity contribution in [3.63, 3.8) is 0 Å². The summed E-state index contributed by atoms with van der Waals surface area (Å²) >= 11 is 1.68. The van der Waals surface area contributed by atoms with Crippen molar-refractivity contribution in [1.29, 1.82) is 0 Å². The summed E-state index contributed by atoms with van der Waals surface area (Å²) in [6, 6.07) is 0. The highest BCUT2D eigenvalue weighted by molar-refractivity contribution is 7.98. The summed E-state index contributed by atoms with van der Waals surface area (Å²) in [5, 5.41) is 1.11. The number of hydrogen-bond donors (Lipinski definition) is 0. The number of rotatable bonds is 1. The first-order valence-electron chi connectivity index (χ1n) is 3.46. The van der Waals surface area contributed by atoms with Crippen molar-refractivity contribution in [1.82, 2.24) is 9.97 Å². The third kappa shape index (κ3) is 1.05. The van der Waals surface area contributed by atoms with Gasteiger partial charge in [-0.2, -0.15) is 0 Å². The van der Waals surface area contributed by atoms with Crippen LogP contribution in [0.2, 0.25) is 0 Å². The molecule has 56 valence electrons. The molecule has 0 unspecified atom stereocenters. The van der Waals surface area contributed by atoms with Crippen molar-refractivity contribution in [2.24, 2.45) is 0 Å². The topological polar surface area (TPSA) is 25.8 Å². The molecule has 11 heavy (non-hydrogen) atoms. The minimum atomic E-state index is 0.992. The summed E-state index contributed by atoms with van der Waals surface area (Å²) in [4.78, 5) is 8.34. The minimum absolute atomic E-state index is 0.992. The summed E-state index contributed by atoms with van der Waals surface area (Å²) in [6.07, 6.45) is 8.84. The van der Waals surface area contributed by atoms with Gasteiger partial charge < -0.3 is 0 Å². The van der Waals surface area contributed by atoms with Crippen molar-refractivity contribution in [2.45, 2.75) is 11.4 Å². The monoisotopic (exact) mass is 164 g/mol. The van der Waals surface area contributed by atoms with Crippen LogP contribution in [0.5, 0.6) is 0 Å². The largest absolute Gasteiger partial charge is 0.237 e. The SMILES string of the molecule is CSc1ncnc2c1CC=C2. The Labute approximate surface area is 69.8 Å². The van der Waals surface area contributed by atoms with Gasteiger partial charge in [0.1, 0.15) is 11.4 Å². The van der Waals surface area contributed by atoms with E-state index in [1.165, 1.54) is 5.56 Å². The maximum absolute atomic E-state index is 4.18. The van der Waals surface area contributed by atoms with E-state index in [-0.39, 0.29) is 0 Å². The van der Waals surface area contributed by atoms with Crippen LogP contribution in [0, 0.1) is 0 Å². The quantitative estimate of drug-likeness (QED) is 0.467. The molecule has 0 N–H and O–H groups in total. The molecule has 3 heteroatoms. The van der Waals surface area contributed by atoms with Gasteiger partial charge in [0.05, 0.1) is 5.69 Å². The summed E-state index contributed by atoms with van der Waals surface area (Å²) in [6.45, 7) is 0. The van der Waals surface area contributed by atoms with Crippen molar-refractivity contribution in [3.8, 4) is 0 Å². The van der Waals surface area contributed by atoms with E-state index in [1.54, 1.807) is 18.1 Å². The van der Waals surface area contributed by atoms with Crippen LogP contribution in [-0.2, 0) is 6.42 Å². The van der Waals surface area contributed by atoms with Gasteiger partial charge in [-0.05, 0) is 18.8 Å². The van der Waals surface area contributed by atoms with Crippen LogP contribution < -0.4 is 0 Å². The summed E-state index contributed by atoms with van der Waals surface area (Å²) in [7, 11) is 0. The van der Waals surface area contributed by atoms with Crippen LogP contribution in [-0.4, -0.2) is 16.2 Å². The van der Waals surface area contributed by atoms with E-state index in [9.17, 15) is 0 Å². The van der Waals surface area contributed by atoms with E-state index in [0.29, 0.717) is 0 Å². The molecule has 0 atom stereocenters. The zero-order valence-electron chi connectivity index (χ0n) is 6.24. The Morgan fingerprint density at radius 2 is 2.36 bits per heavy atom. The number of nitrogens with zero attached hydrogens (tertiary/aromatic N) is 2. The fourth-order valence-corrected chi connectivity index (χ4v) is 1.80. The van der Waals surface area contributed by atoms with Gasteiger partial charge in [0, 0.05) is 5.56 Å². The van der Waals surface area contributed by atoms with Gasteiger partial charge in [-0.25, -0.2) is 9.97 Å². The van der Waals surface area contributed by atoms with Gasteiger partial charge in [0.15, 0.2) is 0 Å². The third-order valence-corrected chi connectivity index (χ3v) is 2.47. The average molecular weight is 164 g/mol. The second-order valence-electron chi connectivity index (χ2n) is 2.35. The summed E-state index contributed by atoms with van der Waals surface area (Å²) in [5.41, 5.74) is 2.37. The first-order chi connectivity index (χ1) is 5.42. The van der Waals surface area contributed by atoms with Crippen LogP contribution >= 0.6 is 11.8 Å². The van der Waals surface area contributed by atoms with Gasteiger partial charge >= 0.3 is 0 Å². The van der Waals surface area contributed by atoms with E-state index in [4.69, 9.17) is 0 Å². The Kier molecular flexibility index (Phi) is 1.66. The van der Waals surface area contributed by atoms with Crippen molar-refractivity contribution in [3.05, 3.63) is 23.7 Å². The summed E-state index contributed by atoms with van der Waals surface area (Å²) < 4.78 is 0. The van der Waals surface area contributed by atoms with Crippen LogP contribution in [0.4, 0.5) is 0 Å². The third-order valence-electron chi connectivity index (χ3n) is 1.73. The number of thioether (sulfide) groups is 1. The van der Waals surface area contributed by atoms with Gasteiger partial charge in [-0.1, -0.05) is 6.08 Å². The number of aromatic nitrogens is 2. The Morgan fingerprint density at radius 1 is 1.45 bits per heavy atom. The molecule has 1 aromatic rings. The molecule has 1 aliphatic carbocycles. The molecular weight excluding hydrogens is 156 g/mol. The molecule has 0 aliphatic heterocycles. The number of fused-ring (bicyclic) bond motifs is 1. The van der Waals surface area contributed by atoms with Crippen LogP contribution in [0.1, 0.15) is 11.3 Å². The molecule has 0 fully saturated rings. The van der Waals surface area contributed by atoms with E-state index in [1.807, 2.05) is 6.26 Å². The van der Waals surface area contributed by atoms with Crippen molar-refractivity contribution < 1.29 is 0 Å². The molecular formula is C8H8N2S. The minimum Gasteiger partial charge on any atom is -0.237 e. The maximum Gasteiger partial charge on any atom is 0.117 e. The Bertz CT molecular complexity index is 307. The highest BCUT2D eigenvalue weighted by Gasteiger charge is 2.10. The highest BCUT2D eigenvalue weighted by atomic mass is 32.2. The standard InChI is InChI=1S/C8H8N2S/c1-11-8-6-3-2-4-7(6)9-5-10-8/h2,4-5H,3H2,1H3. The van der Waals surface area contributed by atoms with Gasteiger partial charge in [-0.3, -0.25) is 0 Å². The van der Waals surface area contributed by atoms with Crippen LogP contribution in [0.25, 0.3) is 6.08 Å². The van der Waals surface area contributed by atoms with Gasteiger partial charge in [-0.15, -0.1) is 11.8 Å². The molecule has 0 bridgehead atoms. The van der Waals surface area contributed by atoms with Gasteiger partial charge in [0.25, 0.3) is 0 Å². The maximum atomic E-state index is 4.18. The van der Waals surface area contributed by atoms with E-state index >= 15 is 0 Å². The smallest absolute Gasteiger partial charge is 0.117 e.